The molecule has 14 heteroatoms. The Balaban J connectivity index is -0.000000674. The second-order valence-corrected chi connectivity index (χ2v) is 7.73. The van der Waals surface area contributed by atoms with Crippen LogP contribution >= 0.6 is 0 Å². The summed E-state index contributed by atoms with van der Waals surface area (Å²) in [5, 5.41) is 7.79. The van der Waals surface area contributed by atoms with Crippen molar-refractivity contribution in [2.24, 2.45) is 5.73 Å². The SMILES string of the molecule is CCCC.CCOCCOCCNC(=O)CC.NC(=O)COCCOCCNC(=O)COCCOCCNC=O. The first-order valence-corrected chi connectivity index (χ1v) is 13.8. The largest absolute Gasteiger partial charge is 0.379 e. The third-order valence-corrected chi connectivity index (χ3v) is 4.23. The Kier molecular flexibility index (Phi) is 40.8. The van der Waals surface area contributed by atoms with E-state index in [1.807, 2.05) is 13.8 Å². The van der Waals surface area contributed by atoms with Crippen LogP contribution in [0.25, 0.3) is 0 Å². The number of hydrogen-bond acceptors (Lipinski definition) is 10. The van der Waals surface area contributed by atoms with Gasteiger partial charge in [-0.25, -0.2) is 0 Å². The molecule has 0 saturated heterocycles. The van der Waals surface area contributed by atoms with Gasteiger partial charge in [0.1, 0.15) is 13.2 Å². The van der Waals surface area contributed by atoms with Crippen molar-refractivity contribution in [2.75, 3.05) is 98.9 Å². The average molecular weight is 583 g/mol. The molecule has 5 N–H and O–H groups in total. The molecule has 0 fully saturated rings. The van der Waals surface area contributed by atoms with Crippen molar-refractivity contribution >= 4 is 24.1 Å². The molecule has 238 valence electrons. The summed E-state index contributed by atoms with van der Waals surface area (Å²) in [7, 11) is 0. The fourth-order valence-electron chi connectivity index (χ4n) is 2.03. The number of amides is 4. The van der Waals surface area contributed by atoms with Crippen molar-refractivity contribution in [1.29, 1.82) is 0 Å². The molecule has 0 rings (SSSR count). The zero-order chi connectivity index (χ0) is 30.5. The van der Waals surface area contributed by atoms with Crippen molar-refractivity contribution in [2.45, 2.75) is 47.0 Å². The molecule has 0 aliphatic heterocycles. The van der Waals surface area contributed by atoms with Crippen molar-refractivity contribution in [1.82, 2.24) is 16.0 Å². The Labute approximate surface area is 239 Å². The molecule has 14 nitrogen and oxygen atoms in total. The van der Waals surface area contributed by atoms with Crippen LogP contribution in [0.3, 0.4) is 0 Å². The highest BCUT2D eigenvalue weighted by molar-refractivity contribution is 5.77. The van der Waals surface area contributed by atoms with Crippen LogP contribution < -0.4 is 21.7 Å². The molecule has 0 unspecified atom stereocenters. The van der Waals surface area contributed by atoms with Gasteiger partial charge in [0.2, 0.25) is 24.1 Å². The van der Waals surface area contributed by atoms with Crippen molar-refractivity contribution < 1.29 is 47.6 Å². The predicted octanol–water partition coefficient (Wildman–Crippen LogP) is -0.228. The monoisotopic (exact) mass is 582 g/mol. The molecule has 0 radical (unpaired) electrons. The number of unbranched alkanes of at least 4 members (excludes halogenated alkanes) is 1. The van der Waals surface area contributed by atoms with Gasteiger partial charge in [-0.15, -0.1) is 0 Å². The van der Waals surface area contributed by atoms with Crippen molar-refractivity contribution in [3.8, 4) is 0 Å². The number of carbonyl (C=O) groups excluding carboxylic acids is 4. The Hall–Kier alpha value is -2.36. The molecule has 0 atom stereocenters. The smallest absolute Gasteiger partial charge is 0.246 e. The Morgan fingerprint density at radius 2 is 1.05 bits per heavy atom. The van der Waals surface area contributed by atoms with E-state index in [9.17, 15) is 19.2 Å². The lowest BCUT2D eigenvalue weighted by Crippen LogP contribution is -2.31. The molecule has 4 amide bonds. The van der Waals surface area contributed by atoms with Crippen molar-refractivity contribution in [3.63, 3.8) is 0 Å². The summed E-state index contributed by atoms with van der Waals surface area (Å²) < 4.78 is 30.6. The number of hydrogen-bond donors (Lipinski definition) is 4. The molecule has 0 spiro atoms. The van der Waals surface area contributed by atoms with Gasteiger partial charge >= 0.3 is 0 Å². The van der Waals surface area contributed by atoms with E-state index >= 15 is 0 Å². The fraction of sp³-hybridized carbons (Fsp3) is 0.846. The fourth-order valence-corrected chi connectivity index (χ4v) is 2.03. The Bertz CT molecular complexity index is 570. The molecular formula is C26H54N4O10. The number of rotatable bonds is 26. The summed E-state index contributed by atoms with van der Waals surface area (Å²) in [6, 6.07) is 0. The first-order chi connectivity index (χ1) is 19.4. The molecule has 0 aromatic carbocycles. The normalized spacial score (nSPS) is 9.90. The lowest BCUT2D eigenvalue weighted by molar-refractivity contribution is -0.127. The van der Waals surface area contributed by atoms with Gasteiger partial charge in [-0.05, 0) is 6.92 Å². The Morgan fingerprint density at radius 3 is 1.50 bits per heavy atom. The summed E-state index contributed by atoms with van der Waals surface area (Å²) in [4.78, 5) is 42.4. The zero-order valence-corrected chi connectivity index (χ0v) is 25.0. The minimum absolute atomic E-state index is 0.0579. The molecule has 0 aliphatic rings. The number of ether oxygens (including phenoxy) is 6. The lowest BCUT2D eigenvalue weighted by Gasteiger charge is -2.08. The van der Waals surface area contributed by atoms with Gasteiger partial charge in [-0.3, -0.25) is 19.2 Å². The predicted molar refractivity (Wildman–Crippen MR) is 151 cm³/mol. The van der Waals surface area contributed by atoms with Gasteiger partial charge < -0.3 is 50.1 Å². The second kappa shape index (κ2) is 38.8. The molecule has 0 aromatic rings. The van der Waals surface area contributed by atoms with Gasteiger partial charge in [0, 0.05) is 32.7 Å². The van der Waals surface area contributed by atoms with Crippen LogP contribution in [0.4, 0.5) is 0 Å². The van der Waals surface area contributed by atoms with E-state index in [0.29, 0.717) is 85.3 Å². The average Bonchev–Trinajstić information content (AvgIpc) is 2.95. The van der Waals surface area contributed by atoms with Crippen LogP contribution in [0.5, 0.6) is 0 Å². The molecule has 0 bridgehead atoms. The molecule has 40 heavy (non-hydrogen) atoms. The quantitative estimate of drug-likeness (QED) is 0.0784. The molecule has 0 aromatic heterocycles. The highest BCUT2D eigenvalue weighted by atomic mass is 16.5. The molecule has 0 aliphatic carbocycles. The summed E-state index contributed by atoms with van der Waals surface area (Å²) in [5.74, 6) is -0.713. The number of primary amides is 1. The second-order valence-electron chi connectivity index (χ2n) is 7.73. The summed E-state index contributed by atoms with van der Waals surface area (Å²) in [6.45, 7) is 13.8. The van der Waals surface area contributed by atoms with Crippen LogP contribution in [0, 0.1) is 0 Å². The van der Waals surface area contributed by atoms with Crippen LogP contribution in [0.1, 0.15) is 47.0 Å². The van der Waals surface area contributed by atoms with E-state index in [0.717, 1.165) is 6.61 Å². The standard InChI is InChI=1S/C13H25N3O7.C9H19NO3.C4H10/c14-12(18)9-22-7-5-21-4-2-16-13(19)10-23-8-6-20-3-1-15-11-17;1-3-9(11)10-5-6-13-8-7-12-4-2;1-3-4-2/h11H,1-10H2,(H2,14,18)(H,15,17)(H,16,19);3-8H2,1-2H3,(H,10,11);3-4H2,1-2H3. The maximum atomic E-state index is 11.4. The minimum atomic E-state index is -0.528. The Morgan fingerprint density at radius 1 is 0.600 bits per heavy atom. The van der Waals surface area contributed by atoms with E-state index in [-0.39, 0.29) is 31.6 Å². The van der Waals surface area contributed by atoms with E-state index in [4.69, 9.17) is 34.2 Å². The van der Waals surface area contributed by atoms with Crippen LogP contribution in [0.15, 0.2) is 0 Å². The van der Waals surface area contributed by atoms with Gasteiger partial charge in [0.05, 0.1) is 59.5 Å². The van der Waals surface area contributed by atoms with E-state index in [1.54, 1.807) is 0 Å². The summed E-state index contributed by atoms with van der Waals surface area (Å²) >= 11 is 0. The van der Waals surface area contributed by atoms with Gasteiger partial charge in [-0.2, -0.15) is 0 Å². The maximum absolute atomic E-state index is 11.4. The summed E-state index contributed by atoms with van der Waals surface area (Å²) in [6.07, 6.45) is 3.76. The van der Waals surface area contributed by atoms with Crippen LogP contribution in [-0.2, 0) is 47.6 Å². The highest BCUT2D eigenvalue weighted by Gasteiger charge is 2.01. The number of nitrogens with two attached hydrogens (primary N) is 1. The third-order valence-electron chi connectivity index (χ3n) is 4.23. The van der Waals surface area contributed by atoms with Gasteiger partial charge in [0.25, 0.3) is 0 Å². The van der Waals surface area contributed by atoms with E-state index < -0.39 is 5.91 Å². The van der Waals surface area contributed by atoms with Gasteiger partial charge in [0.15, 0.2) is 0 Å². The lowest BCUT2D eigenvalue weighted by atomic mass is 10.4. The maximum Gasteiger partial charge on any atom is 0.246 e. The number of carbonyl (C=O) groups is 4. The number of nitrogens with one attached hydrogen (secondary N) is 3. The first-order valence-electron chi connectivity index (χ1n) is 13.8. The van der Waals surface area contributed by atoms with Crippen molar-refractivity contribution in [3.05, 3.63) is 0 Å². The molecule has 0 heterocycles. The molecular weight excluding hydrogens is 528 g/mol. The zero-order valence-electron chi connectivity index (χ0n) is 25.0. The summed E-state index contributed by atoms with van der Waals surface area (Å²) in [5.41, 5.74) is 4.89. The van der Waals surface area contributed by atoms with Crippen LogP contribution in [0.2, 0.25) is 0 Å². The van der Waals surface area contributed by atoms with Crippen LogP contribution in [-0.4, -0.2) is 123 Å². The van der Waals surface area contributed by atoms with E-state index in [2.05, 4.69) is 29.8 Å². The third kappa shape index (κ3) is 45.6. The van der Waals surface area contributed by atoms with Gasteiger partial charge in [-0.1, -0.05) is 33.6 Å². The minimum Gasteiger partial charge on any atom is -0.379 e. The van der Waals surface area contributed by atoms with E-state index in [1.165, 1.54) is 12.8 Å². The highest BCUT2D eigenvalue weighted by Crippen LogP contribution is 1.82. The first kappa shape index (κ1) is 42.1. The topological polar surface area (TPSA) is 186 Å². The molecule has 0 saturated carbocycles.